The number of aliphatic hydroxyl groups is 1. The van der Waals surface area contributed by atoms with E-state index in [4.69, 9.17) is 17.2 Å². The van der Waals surface area contributed by atoms with E-state index < -0.39 is 54.0 Å². The first-order valence-corrected chi connectivity index (χ1v) is 12.5. The highest BCUT2D eigenvalue weighted by Gasteiger charge is 2.32. The normalized spacial score (nSPS) is 15.6. The lowest BCUT2D eigenvalue weighted by molar-refractivity contribution is -0.145. The molecule has 3 amide bonds. The fraction of sp³-hybridized carbons (Fsp3) is 0.560. The van der Waals surface area contributed by atoms with Crippen LogP contribution in [-0.4, -0.2) is 76.7 Å². The molecule has 6 atom stereocenters. The quantitative estimate of drug-likeness (QED) is 0.0703. The van der Waals surface area contributed by atoms with Crippen molar-refractivity contribution < 1.29 is 29.4 Å². The van der Waals surface area contributed by atoms with Crippen LogP contribution < -0.4 is 33.2 Å². The maximum atomic E-state index is 13.4. The van der Waals surface area contributed by atoms with Gasteiger partial charge in [-0.2, -0.15) is 0 Å². The molecule has 13 heteroatoms. The van der Waals surface area contributed by atoms with Crippen molar-refractivity contribution in [3.63, 3.8) is 0 Å². The minimum atomic E-state index is -1.59. The van der Waals surface area contributed by atoms with E-state index in [0.29, 0.717) is 6.42 Å². The number of guanidine groups is 1. The number of rotatable bonds is 16. The van der Waals surface area contributed by atoms with E-state index in [1.807, 2.05) is 19.9 Å². The molecule has 212 valence electrons. The highest BCUT2D eigenvalue weighted by atomic mass is 16.4. The maximum Gasteiger partial charge on any atom is 0.328 e. The molecule has 0 aliphatic heterocycles. The Kier molecular flexibility index (Phi) is 13.8. The predicted molar refractivity (Wildman–Crippen MR) is 143 cm³/mol. The molecule has 1 aromatic rings. The molecule has 0 fully saturated rings. The van der Waals surface area contributed by atoms with Crippen LogP contribution in [0.15, 0.2) is 35.3 Å². The second-order valence-electron chi connectivity index (χ2n) is 9.24. The van der Waals surface area contributed by atoms with Crippen molar-refractivity contribution in [2.24, 2.45) is 28.1 Å². The minimum absolute atomic E-state index is 0.0545. The Balaban J connectivity index is 3.17. The summed E-state index contributed by atoms with van der Waals surface area (Å²) in [5.41, 5.74) is 17.5. The van der Waals surface area contributed by atoms with Gasteiger partial charge in [-0.05, 0) is 31.2 Å². The first-order chi connectivity index (χ1) is 17.9. The van der Waals surface area contributed by atoms with Crippen LogP contribution in [-0.2, 0) is 25.6 Å². The summed E-state index contributed by atoms with van der Waals surface area (Å²) in [5.74, 6) is -3.70. The monoisotopic (exact) mass is 535 g/mol. The number of aliphatic imine (C=N–C) groups is 1. The van der Waals surface area contributed by atoms with Gasteiger partial charge in [-0.25, -0.2) is 4.79 Å². The number of nitrogens with zero attached hydrogens (tertiary/aromatic N) is 1. The number of hydrogen-bond acceptors (Lipinski definition) is 7. The van der Waals surface area contributed by atoms with Crippen LogP contribution in [0.25, 0.3) is 0 Å². The van der Waals surface area contributed by atoms with Gasteiger partial charge in [0, 0.05) is 13.0 Å². The first-order valence-electron chi connectivity index (χ1n) is 12.5. The average Bonchev–Trinajstić information content (AvgIpc) is 2.87. The molecule has 0 aliphatic carbocycles. The molecule has 38 heavy (non-hydrogen) atoms. The number of nitrogens with one attached hydrogen (secondary N) is 3. The number of hydrogen-bond donors (Lipinski definition) is 8. The number of amides is 3. The lowest BCUT2D eigenvalue weighted by atomic mass is 9.98. The smallest absolute Gasteiger partial charge is 0.328 e. The average molecular weight is 536 g/mol. The lowest BCUT2D eigenvalue weighted by Gasteiger charge is -2.26. The first kappa shape index (κ1) is 32.3. The molecular formula is C25H41N7O6. The van der Waals surface area contributed by atoms with Crippen molar-refractivity contribution in [2.45, 2.75) is 76.7 Å². The van der Waals surface area contributed by atoms with Gasteiger partial charge in [0.1, 0.15) is 12.1 Å². The summed E-state index contributed by atoms with van der Waals surface area (Å²) >= 11 is 0. The van der Waals surface area contributed by atoms with Crippen LogP contribution in [0.1, 0.15) is 45.6 Å². The molecular weight excluding hydrogens is 494 g/mol. The minimum Gasteiger partial charge on any atom is -0.480 e. The van der Waals surface area contributed by atoms with E-state index in [1.54, 1.807) is 24.3 Å². The molecule has 0 aliphatic rings. The van der Waals surface area contributed by atoms with Crippen LogP contribution in [0, 0.1) is 5.92 Å². The summed E-state index contributed by atoms with van der Waals surface area (Å²) in [6, 6.07) is 4.28. The predicted octanol–water partition coefficient (Wildman–Crippen LogP) is -1.42. The van der Waals surface area contributed by atoms with E-state index in [-0.39, 0.29) is 37.7 Å². The van der Waals surface area contributed by atoms with Crippen LogP contribution in [0.3, 0.4) is 0 Å². The van der Waals surface area contributed by atoms with Crippen molar-refractivity contribution in [1.29, 1.82) is 0 Å². The zero-order chi connectivity index (χ0) is 28.8. The van der Waals surface area contributed by atoms with E-state index in [0.717, 1.165) is 5.56 Å². The van der Waals surface area contributed by atoms with Crippen molar-refractivity contribution in [3.8, 4) is 0 Å². The van der Waals surface area contributed by atoms with Gasteiger partial charge in [-0.3, -0.25) is 19.4 Å². The number of benzene rings is 1. The summed E-state index contributed by atoms with van der Waals surface area (Å²) in [5, 5.41) is 26.6. The number of aliphatic carboxylic acids is 1. The molecule has 0 radical (unpaired) electrons. The number of carboxylic acids is 1. The van der Waals surface area contributed by atoms with Gasteiger partial charge >= 0.3 is 5.97 Å². The molecule has 0 saturated heterocycles. The van der Waals surface area contributed by atoms with Crippen LogP contribution in [0.5, 0.6) is 0 Å². The highest BCUT2D eigenvalue weighted by Crippen LogP contribution is 2.09. The standard InChI is InChI=1S/C25H41N7O6/c1-4-14(2)19(26)23(36)31-18(13-16-9-6-5-7-10-16)22(35)30-17(11-8-12-29-25(27)28)21(34)32-20(15(3)33)24(37)38/h5-7,9-10,14-15,17-20,33H,4,8,11-13,26H2,1-3H3,(H,30,35)(H,31,36)(H,32,34)(H,37,38)(H4,27,28,29). The van der Waals surface area contributed by atoms with Gasteiger partial charge in [-0.15, -0.1) is 0 Å². The van der Waals surface area contributed by atoms with Gasteiger partial charge in [0.2, 0.25) is 17.7 Å². The van der Waals surface area contributed by atoms with E-state index in [2.05, 4.69) is 20.9 Å². The summed E-state index contributed by atoms with van der Waals surface area (Å²) < 4.78 is 0. The summed E-state index contributed by atoms with van der Waals surface area (Å²) in [6.45, 7) is 5.11. The molecule has 0 bridgehead atoms. The molecule has 11 N–H and O–H groups in total. The lowest BCUT2D eigenvalue weighted by Crippen LogP contribution is -2.59. The van der Waals surface area contributed by atoms with Crippen molar-refractivity contribution in [3.05, 3.63) is 35.9 Å². The van der Waals surface area contributed by atoms with Crippen LogP contribution >= 0.6 is 0 Å². The number of aliphatic hydroxyl groups excluding tert-OH is 1. The number of nitrogens with two attached hydrogens (primary N) is 3. The Morgan fingerprint density at radius 1 is 0.947 bits per heavy atom. The molecule has 0 saturated carbocycles. The molecule has 13 nitrogen and oxygen atoms in total. The van der Waals surface area contributed by atoms with Crippen LogP contribution in [0.4, 0.5) is 0 Å². The Morgan fingerprint density at radius 2 is 1.53 bits per heavy atom. The Bertz CT molecular complexity index is 953. The third-order valence-corrected chi connectivity index (χ3v) is 6.10. The topological polar surface area (TPSA) is 235 Å². The fourth-order valence-electron chi connectivity index (χ4n) is 3.53. The highest BCUT2D eigenvalue weighted by molar-refractivity contribution is 5.94. The van der Waals surface area contributed by atoms with Crippen molar-refractivity contribution >= 4 is 29.7 Å². The van der Waals surface area contributed by atoms with Crippen molar-refractivity contribution in [2.75, 3.05) is 6.54 Å². The van der Waals surface area contributed by atoms with Crippen molar-refractivity contribution in [1.82, 2.24) is 16.0 Å². The summed E-state index contributed by atoms with van der Waals surface area (Å²) in [4.78, 5) is 54.5. The second kappa shape index (κ2) is 16.2. The molecule has 6 unspecified atom stereocenters. The zero-order valence-corrected chi connectivity index (χ0v) is 22.1. The molecule has 0 heterocycles. The van der Waals surface area contributed by atoms with E-state index in [1.165, 1.54) is 6.92 Å². The number of carbonyl (C=O) groups excluding carboxylic acids is 3. The number of carboxylic acid groups (broad SMARTS) is 1. The van der Waals surface area contributed by atoms with E-state index in [9.17, 15) is 29.4 Å². The summed E-state index contributed by atoms with van der Waals surface area (Å²) in [6.07, 6.45) is -0.271. The van der Waals surface area contributed by atoms with Gasteiger partial charge in [0.25, 0.3) is 0 Å². The van der Waals surface area contributed by atoms with Gasteiger partial charge in [0.15, 0.2) is 12.0 Å². The van der Waals surface area contributed by atoms with Gasteiger partial charge in [-0.1, -0.05) is 50.6 Å². The Morgan fingerprint density at radius 3 is 2.05 bits per heavy atom. The van der Waals surface area contributed by atoms with E-state index >= 15 is 0 Å². The number of carbonyl (C=O) groups is 4. The maximum absolute atomic E-state index is 13.4. The molecule has 0 spiro atoms. The SMILES string of the molecule is CCC(C)C(N)C(=O)NC(Cc1ccccc1)C(=O)NC(CCCN=C(N)N)C(=O)NC(C(=O)O)C(C)O. The van der Waals surface area contributed by atoms with Crippen LogP contribution in [0.2, 0.25) is 0 Å². The third-order valence-electron chi connectivity index (χ3n) is 6.10. The third kappa shape index (κ3) is 11.1. The largest absolute Gasteiger partial charge is 0.480 e. The molecule has 1 aromatic carbocycles. The second-order valence-corrected chi connectivity index (χ2v) is 9.24. The van der Waals surface area contributed by atoms with Gasteiger partial charge < -0.3 is 43.4 Å². The van der Waals surface area contributed by atoms with Gasteiger partial charge in [0.05, 0.1) is 12.1 Å². The zero-order valence-electron chi connectivity index (χ0n) is 22.1. The Hall–Kier alpha value is -3.71. The summed E-state index contributed by atoms with van der Waals surface area (Å²) in [7, 11) is 0. The Labute approximate surface area is 222 Å². The fourth-order valence-corrected chi connectivity index (χ4v) is 3.53. The molecule has 0 aromatic heterocycles. The molecule has 1 rings (SSSR count).